The first-order valence-corrected chi connectivity index (χ1v) is 10.6. The van der Waals surface area contributed by atoms with Crippen molar-refractivity contribution in [2.75, 3.05) is 18.4 Å². The van der Waals surface area contributed by atoms with Crippen LogP contribution in [0.1, 0.15) is 17.7 Å². The average molecular weight is 409 g/mol. The van der Waals surface area contributed by atoms with Gasteiger partial charge in [0, 0.05) is 35.8 Å². The third-order valence-corrected chi connectivity index (χ3v) is 7.74. The van der Waals surface area contributed by atoms with Crippen LogP contribution in [0.3, 0.4) is 0 Å². The van der Waals surface area contributed by atoms with Gasteiger partial charge in [-0.15, -0.1) is 11.3 Å². The van der Waals surface area contributed by atoms with Crippen LogP contribution < -0.4 is 5.32 Å². The lowest BCUT2D eigenvalue weighted by atomic mass is 9.98. The quantitative estimate of drug-likeness (QED) is 0.603. The topological polar surface area (TPSA) is 110 Å². The molecule has 1 N–H and O–H groups in total. The number of non-ortho nitro benzene ring substituents is 1. The molecule has 10 heteroatoms. The lowest BCUT2D eigenvalue weighted by molar-refractivity contribution is -0.384. The van der Waals surface area contributed by atoms with E-state index in [4.69, 9.17) is 0 Å². The SMILES string of the molecule is Cc1ccc(S(=O)(=O)N2CCC[C@@H](C(=O)Nc3ccc([N+](=O)[O-])cc3)C2)s1. The molecule has 0 bridgehead atoms. The van der Waals surface area contributed by atoms with Crippen LogP contribution in [-0.2, 0) is 14.8 Å². The summed E-state index contributed by atoms with van der Waals surface area (Å²) in [6.45, 7) is 2.36. The van der Waals surface area contributed by atoms with Crippen LogP contribution in [0.5, 0.6) is 0 Å². The van der Waals surface area contributed by atoms with Crippen molar-refractivity contribution in [3.05, 3.63) is 51.4 Å². The first-order chi connectivity index (χ1) is 12.8. The summed E-state index contributed by atoms with van der Waals surface area (Å²) < 4.78 is 27.2. The number of nitrogens with one attached hydrogen (secondary N) is 1. The van der Waals surface area contributed by atoms with Crippen LogP contribution >= 0.6 is 11.3 Å². The highest BCUT2D eigenvalue weighted by molar-refractivity contribution is 7.91. The highest BCUT2D eigenvalue weighted by atomic mass is 32.2. The Morgan fingerprint density at radius 3 is 2.56 bits per heavy atom. The number of sulfonamides is 1. The van der Waals surface area contributed by atoms with Crippen molar-refractivity contribution in [3.63, 3.8) is 0 Å². The fourth-order valence-electron chi connectivity index (χ4n) is 2.96. The van der Waals surface area contributed by atoms with Crippen molar-refractivity contribution in [2.24, 2.45) is 5.92 Å². The van der Waals surface area contributed by atoms with E-state index in [1.54, 1.807) is 12.1 Å². The standard InChI is InChI=1S/C17H19N3O5S2/c1-12-4-9-16(26-12)27(24,25)19-10-2-3-13(11-19)17(21)18-14-5-7-15(8-6-14)20(22)23/h4-9,13H,2-3,10-11H2,1H3,(H,18,21)/t13-/m1/s1. The molecule has 1 aliphatic rings. The number of benzene rings is 1. The number of aryl methyl sites for hydroxylation is 1. The summed E-state index contributed by atoms with van der Waals surface area (Å²) in [5.41, 5.74) is 0.383. The fraction of sp³-hybridized carbons (Fsp3) is 0.353. The molecule has 1 aromatic heterocycles. The summed E-state index contributed by atoms with van der Waals surface area (Å²) in [5.74, 6) is -0.754. The normalized spacial score (nSPS) is 18.2. The summed E-state index contributed by atoms with van der Waals surface area (Å²) in [4.78, 5) is 23.6. The summed E-state index contributed by atoms with van der Waals surface area (Å²) in [5, 5.41) is 13.4. The van der Waals surface area contributed by atoms with E-state index in [0.717, 1.165) is 4.88 Å². The van der Waals surface area contributed by atoms with Crippen molar-refractivity contribution in [2.45, 2.75) is 24.0 Å². The zero-order valence-electron chi connectivity index (χ0n) is 14.6. The molecule has 0 saturated carbocycles. The van der Waals surface area contributed by atoms with Gasteiger partial charge < -0.3 is 5.32 Å². The van der Waals surface area contributed by atoms with E-state index in [2.05, 4.69) is 5.32 Å². The van der Waals surface area contributed by atoms with Gasteiger partial charge >= 0.3 is 0 Å². The summed E-state index contributed by atoms with van der Waals surface area (Å²) >= 11 is 1.22. The molecular formula is C17H19N3O5S2. The summed E-state index contributed by atoms with van der Waals surface area (Å²) in [6, 6.07) is 8.90. The largest absolute Gasteiger partial charge is 0.326 e. The number of carbonyl (C=O) groups is 1. The van der Waals surface area contributed by atoms with Gasteiger partial charge in [0.1, 0.15) is 4.21 Å². The molecule has 0 spiro atoms. The number of thiophene rings is 1. The van der Waals surface area contributed by atoms with Gasteiger partial charge in [-0.05, 0) is 44.0 Å². The van der Waals surface area contributed by atoms with Crippen molar-refractivity contribution < 1.29 is 18.1 Å². The lowest BCUT2D eigenvalue weighted by Crippen LogP contribution is -2.43. The third-order valence-electron chi connectivity index (χ3n) is 4.41. The Bertz CT molecular complexity index is 953. The van der Waals surface area contributed by atoms with Crippen molar-refractivity contribution in [3.8, 4) is 0 Å². The molecule has 1 fully saturated rings. The molecule has 0 unspecified atom stereocenters. The molecule has 0 radical (unpaired) electrons. The minimum absolute atomic E-state index is 0.0609. The Balaban J connectivity index is 1.68. The Kier molecular flexibility index (Phi) is 5.59. The van der Waals surface area contributed by atoms with E-state index in [1.165, 1.54) is 39.9 Å². The molecule has 2 heterocycles. The monoisotopic (exact) mass is 409 g/mol. The molecule has 8 nitrogen and oxygen atoms in total. The first kappa shape index (κ1) is 19.5. The number of piperidine rings is 1. The molecule has 1 aromatic carbocycles. The van der Waals surface area contributed by atoms with E-state index in [9.17, 15) is 23.3 Å². The van der Waals surface area contributed by atoms with E-state index in [1.807, 2.05) is 6.92 Å². The Hall–Kier alpha value is -2.30. The third kappa shape index (κ3) is 4.34. The smallest absolute Gasteiger partial charge is 0.269 e. The van der Waals surface area contributed by atoms with E-state index < -0.39 is 20.9 Å². The highest BCUT2D eigenvalue weighted by Gasteiger charge is 2.34. The van der Waals surface area contributed by atoms with E-state index >= 15 is 0 Å². The molecule has 2 aromatic rings. The predicted molar refractivity (Wildman–Crippen MR) is 102 cm³/mol. The maximum Gasteiger partial charge on any atom is 0.269 e. The van der Waals surface area contributed by atoms with Gasteiger partial charge in [-0.3, -0.25) is 14.9 Å². The molecular weight excluding hydrogens is 390 g/mol. The van der Waals surface area contributed by atoms with Gasteiger partial charge in [0.05, 0.1) is 10.8 Å². The molecule has 0 aliphatic carbocycles. The minimum Gasteiger partial charge on any atom is -0.326 e. The van der Waals surface area contributed by atoms with Crippen LogP contribution in [0, 0.1) is 23.0 Å². The second-order valence-electron chi connectivity index (χ2n) is 6.36. The molecule has 1 saturated heterocycles. The van der Waals surface area contributed by atoms with E-state index in [-0.39, 0.29) is 22.3 Å². The van der Waals surface area contributed by atoms with Crippen molar-refractivity contribution in [1.82, 2.24) is 4.31 Å². The molecule has 1 amide bonds. The van der Waals surface area contributed by atoms with Gasteiger partial charge in [0.25, 0.3) is 15.7 Å². The first-order valence-electron chi connectivity index (χ1n) is 8.39. The van der Waals surface area contributed by atoms with Gasteiger partial charge in [-0.25, -0.2) is 8.42 Å². The molecule has 27 heavy (non-hydrogen) atoms. The van der Waals surface area contributed by atoms with Gasteiger partial charge in [0.2, 0.25) is 5.91 Å². The van der Waals surface area contributed by atoms with Crippen LogP contribution in [0.15, 0.2) is 40.6 Å². The Morgan fingerprint density at radius 2 is 1.96 bits per heavy atom. The van der Waals surface area contributed by atoms with Crippen LogP contribution in [0.2, 0.25) is 0 Å². The Labute approximate surface area is 161 Å². The van der Waals surface area contributed by atoms with Crippen LogP contribution in [-0.4, -0.2) is 36.6 Å². The van der Waals surface area contributed by atoms with Crippen molar-refractivity contribution >= 4 is 38.6 Å². The number of nitrogens with zero attached hydrogens (tertiary/aromatic N) is 2. The second-order valence-corrected chi connectivity index (χ2v) is 9.81. The number of hydrogen-bond donors (Lipinski definition) is 1. The minimum atomic E-state index is -3.60. The number of amides is 1. The maximum atomic E-state index is 12.8. The van der Waals surface area contributed by atoms with Crippen LogP contribution in [0.4, 0.5) is 11.4 Å². The molecule has 144 valence electrons. The number of carbonyl (C=O) groups excluding carboxylic acids is 1. The number of nitro groups is 1. The number of rotatable bonds is 5. The molecule has 3 rings (SSSR count). The lowest BCUT2D eigenvalue weighted by Gasteiger charge is -2.30. The Morgan fingerprint density at radius 1 is 1.26 bits per heavy atom. The summed E-state index contributed by atoms with van der Waals surface area (Å²) in [6.07, 6.45) is 1.19. The molecule has 1 aliphatic heterocycles. The number of hydrogen-bond acceptors (Lipinski definition) is 6. The van der Waals surface area contributed by atoms with Gasteiger partial charge in [-0.1, -0.05) is 0 Å². The predicted octanol–water partition coefficient (Wildman–Crippen LogP) is 3.00. The van der Waals surface area contributed by atoms with Gasteiger partial charge in [-0.2, -0.15) is 4.31 Å². The average Bonchev–Trinajstić information content (AvgIpc) is 3.09. The zero-order chi connectivity index (χ0) is 19.6. The highest BCUT2D eigenvalue weighted by Crippen LogP contribution is 2.28. The fourth-order valence-corrected chi connectivity index (χ4v) is 5.92. The van der Waals surface area contributed by atoms with Crippen molar-refractivity contribution in [1.29, 1.82) is 0 Å². The van der Waals surface area contributed by atoms with E-state index in [0.29, 0.717) is 25.1 Å². The second kappa shape index (κ2) is 7.75. The molecule has 1 atom stereocenters. The van der Waals surface area contributed by atoms with Gasteiger partial charge in [0.15, 0.2) is 0 Å². The summed E-state index contributed by atoms with van der Waals surface area (Å²) in [7, 11) is -3.60. The number of anilines is 1. The number of nitro benzene ring substituents is 1. The maximum absolute atomic E-state index is 12.8. The zero-order valence-corrected chi connectivity index (χ0v) is 16.3. The van der Waals surface area contributed by atoms with Crippen LogP contribution in [0.25, 0.3) is 0 Å².